The lowest BCUT2D eigenvalue weighted by molar-refractivity contribution is 0.0999. The van der Waals surface area contributed by atoms with Crippen molar-refractivity contribution in [1.29, 1.82) is 0 Å². The summed E-state index contributed by atoms with van der Waals surface area (Å²) in [5.41, 5.74) is 6.08. The molecule has 4 heteroatoms. The molecule has 1 rings (SSSR count). The number of nitrogens with two attached hydrogens (primary N) is 1. The maximum Gasteiger partial charge on any atom is 0.248 e. The fourth-order valence-corrected chi connectivity index (χ4v) is 1.01. The molecular weight excluding hydrogens is 170 g/mol. The van der Waals surface area contributed by atoms with E-state index in [-0.39, 0.29) is 12.2 Å². The molecule has 0 bridgehead atoms. The molecule has 3 N–H and O–H groups in total. The van der Waals surface area contributed by atoms with Crippen LogP contribution in [-0.4, -0.2) is 17.3 Å². The van der Waals surface area contributed by atoms with E-state index in [1.165, 1.54) is 18.2 Å². The van der Waals surface area contributed by atoms with Gasteiger partial charge in [0, 0.05) is 11.1 Å². The third kappa shape index (κ3) is 1.91. The van der Waals surface area contributed by atoms with E-state index in [2.05, 4.69) is 0 Å². The van der Waals surface area contributed by atoms with E-state index in [1.54, 1.807) is 0 Å². The zero-order chi connectivity index (χ0) is 9.84. The van der Waals surface area contributed by atoms with Gasteiger partial charge >= 0.3 is 0 Å². The van der Waals surface area contributed by atoms with Crippen molar-refractivity contribution in [2.24, 2.45) is 5.73 Å². The van der Waals surface area contributed by atoms with Crippen molar-refractivity contribution in [2.75, 3.05) is 0 Å². The predicted octanol–water partition coefficient (Wildman–Crippen LogP) is 0.0903. The van der Waals surface area contributed by atoms with Crippen molar-refractivity contribution in [3.05, 3.63) is 34.9 Å². The first kappa shape index (κ1) is 9.41. The molecule has 0 aromatic heterocycles. The van der Waals surface area contributed by atoms with Gasteiger partial charge in [0.25, 0.3) is 0 Å². The normalized spacial score (nSPS) is 9.62. The monoisotopic (exact) mass is 179 g/mol. The molecular formula is C9H9NO3. The van der Waals surface area contributed by atoms with Crippen LogP contribution < -0.4 is 5.73 Å². The fourth-order valence-electron chi connectivity index (χ4n) is 1.01. The summed E-state index contributed by atoms with van der Waals surface area (Å²) in [6.07, 6.45) is 0.621. The molecule has 0 atom stereocenters. The van der Waals surface area contributed by atoms with Crippen LogP contribution in [0.4, 0.5) is 0 Å². The largest absolute Gasteiger partial charge is 0.392 e. The van der Waals surface area contributed by atoms with Crippen LogP contribution >= 0.6 is 0 Å². The first-order valence-corrected chi connectivity index (χ1v) is 3.67. The van der Waals surface area contributed by atoms with Crippen molar-refractivity contribution in [1.82, 2.24) is 0 Å². The fraction of sp³-hybridized carbons (Fsp3) is 0.111. The Bertz CT molecular complexity index is 347. The molecule has 13 heavy (non-hydrogen) atoms. The van der Waals surface area contributed by atoms with Gasteiger partial charge in [0.1, 0.15) is 6.29 Å². The zero-order valence-electron chi connectivity index (χ0n) is 6.86. The summed E-state index contributed by atoms with van der Waals surface area (Å²) in [5, 5.41) is 8.84. The molecule has 68 valence electrons. The number of rotatable bonds is 3. The standard InChI is InChI=1S/C9H9NO3/c10-9(13)6-1-2-7(4-11)8(3-6)5-12/h1-4,12H,5H2,(H2,10,13). The highest BCUT2D eigenvalue weighted by atomic mass is 16.3. The Hall–Kier alpha value is -1.68. The van der Waals surface area contributed by atoms with E-state index < -0.39 is 5.91 Å². The van der Waals surface area contributed by atoms with Gasteiger partial charge in [-0.25, -0.2) is 0 Å². The summed E-state index contributed by atoms with van der Waals surface area (Å²) in [6.45, 7) is -0.283. The average molecular weight is 179 g/mol. The maximum absolute atomic E-state index is 10.7. The lowest BCUT2D eigenvalue weighted by atomic mass is 10.1. The summed E-state index contributed by atoms with van der Waals surface area (Å²) in [4.78, 5) is 21.2. The second kappa shape index (κ2) is 3.82. The van der Waals surface area contributed by atoms with Crippen LogP contribution in [0.1, 0.15) is 26.3 Å². The van der Waals surface area contributed by atoms with Crippen molar-refractivity contribution in [3.8, 4) is 0 Å². The number of hydrogen-bond acceptors (Lipinski definition) is 3. The van der Waals surface area contributed by atoms with E-state index in [0.717, 1.165) is 0 Å². The van der Waals surface area contributed by atoms with Gasteiger partial charge in [-0.15, -0.1) is 0 Å². The Morgan fingerprint density at radius 3 is 2.69 bits per heavy atom. The Labute approximate surface area is 75.0 Å². The first-order chi connectivity index (χ1) is 6.19. The highest BCUT2D eigenvalue weighted by Crippen LogP contribution is 2.09. The van der Waals surface area contributed by atoms with Gasteiger partial charge in [-0.05, 0) is 17.7 Å². The third-order valence-electron chi connectivity index (χ3n) is 1.72. The van der Waals surface area contributed by atoms with Crippen LogP contribution in [0.5, 0.6) is 0 Å². The van der Waals surface area contributed by atoms with Gasteiger partial charge in [0.15, 0.2) is 0 Å². The van der Waals surface area contributed by atoms with E-state index >= 15 is 0 Å². The number of carbonyl (C=O) groups is 2. The van der Waals surface area contributed by atoms with Gasteiger partial charge < -0.3 is 10.8 Å². The number of aliphatic hydroxyl groups excluding tert-OH is 1. The third-order valence-corrected chi connectivity index (χ3v) is 1.72. The summed E-state index contributed by atoms with van der Waals surface area (Å²) in [6, 6.07) is 4.32. The minimum atomic E-state index is -0.577. The summed E-state index contributed by atoms with van der Waals surface area (Å²) >= 11 is 0. The van der Waals surface area contributed by atoms with E-state index in [4.69, 9.17) is 10.8 Å². The number of amides is 1. The van der Waals surface area contributed by atoms with Crippen LogP contribution in [0, 0.1) is 0 Å². The van der Waals surface area contributed by atoms with Crippen molar-refractivity contribution < 1.29 is 14.7 Å². The quantitative estimate of drug-likeness (QED) is 0.645. The molecule has 4 nitrogen and oxygen atoms in total. The number of benzene rings is 1. The topological polar surface area (TPSA) is 80.4 Å². The molecule has 0 saturated carbocycles. The van der Waals surface area contributed by atoms with Gasteiger partial charge in [0.2, 0.25) is 5.91 Å². The number of carbonyl (C=O) groups excluding carboxylic acids is 2. The molecule has 0 radical (unpaired) electrons. The van der Waals surface area contributed by atoms with Crippen LogP contribution in [0.3, 0.4) is 0 Å². The molecule has 0 aliphatic rings. The maximum atomic E-state index is 10.7. The molecule has 1 amide bonds. The van der Waals surface area contributed by atoms with Crippen LogP contribution in [-0.2, 0) is 6.61 Å². The minimum Gasteiger partial charge on any atom is -0.392 e. The van der Waals surface area contributed by atoms with E-state index in [9.17, 15) is 9.59 Å². The number of aldehydes is 1. The summed E-state index contributed by atoms with van der Waals surface area (Å²) in [5.74, 6) is -0.577. The average Bonchev–Trinajstić information content (AvgIpc) is 2.16. The van der Waals surface area contributed by atoms with Crippen molar-refractivity contribution in [3.63, 3.8) is 0 Å². The summed E-state index contributed by atoms with van der Waals surface area (Å²) in [7, 11) is 0. The minimum absolute atomic E-state index is 0.283. The van der Waals surface area contributed by atoms with Gasteiger partial charge in [-0.1, -0.05) is 6.07 Å². The first-order valence-electron chi connectivity index (χ1n) is 3.67. The molecule has 0 heterocycles. The highest BCUT2D eigenvalue weighted by Gasteiger charge is 2.05. The number of primary amides is 1. The molecule has 0 fully saturated rings. The SMILES string of the molecule is NC(=O)c1ccc(C=O)c(CO)c1. The second-order valence-electron chi connectivity index (χ2n) is 2.55. The number of hydrogen-bond donors (Lipinski definition) is 2. The predicted molar refractivity (Wildman–Crippen MR) is 46.3 cm³/mol. The smallest absolute Gasteiger partial charge is 0.248 e. The van der Waals surface area contributed by atoms with Crippen LogP contribution in [0.15, 0.2) is 18.2 Å². The molecule has 0 unspecified atom stereocenters. The highest BCUT2D eigenvalue weighted by molar-refractivity contribution is 5.94. The lowest BCUT2D eigenvalue weighted by Gasteiger charge is -2.02. The van der Waals surface area contributed by atoms with Gasteiger partial charge in [-0.2, -0.15) is 0 Å². The Kier molecular flexibility index (Phi) is 2.76. The van der Waals surface area contributed by atoms with E-state index in [0.29, 0.717) is 17.4 Å². The number of aliphatic hydroxyl groups is 1. The van der Waals surface area contributed by atoms with Gasteiger partial charge in [0.05, 0.1) is 6.61 Å². The molecule has 1 aromatic carbocycles. The Morgan fingerprint density at radius 2 is 2.23 bits per heavy atom. The van der Waals surface area contributed by atoms with Gasteiger partial charge in [-0.3, -0.25) is 9.59 Å². The van der Waals surface area contributed by atoms with Crippen LogP contribution in [0.2, 0.25) is 0 Å². The Morgan fingerprint density at radius 1 is 1.54 bits per heavy atom. The molecule has 1 aromatic rings. The van der Waals surface area contributed by atoms with Crippen molar-refractivity contribution in [2.45, 2.75) is 6.61 Å². The molecule has 0 spiro atoms. The van der Waals surface area contributed by atoms with E-state index in [1.807, 2.05) is 0 Å². The Balaban J connectivity index is 3.20. The van der Waals surface area contributed by atoms with Crippen molar-refractivity contribution >= 4 is 12.2 Å². The molecule has 0 saturated heterocycles. The second-order valence-corrected chi connectivity index (χ2v) is 2.55. The molecule has 0 aliphatic heterocycles. The lowest BCUT2D eigenvalue weighted by Crippen LogP contribution is -2.11. The molecule has 0 aliphatic carbocycles. The zero-order valence-corrected chi connectivity index (χ0v) is 6.86. The van der Waals surface area contributed by atoms with Crippen LogP contribution in [0.25, 0.3) is 0 Å². The summed E-state index contributed by atoms with van der Waals surface area (Å²) < 4.78 is 0.